The van der Waals surface area contributed by atoms with Gasteiger partial charge in [0.25, 0.3) is 22.9 Å². The topological polar surface area (TPSA) is 174 Å². The first kappa shape index (κ1) is 41.5. The van der Waals surface area contributed by atoms with Crippen LogP contribution in [0.4, 0.5) is 10.1 Å². The molecule has 2 aromatic carbocycles. The number of likely N-dealkylation sites (tertiary alicyclic amines) is 1. The fraction of sp³-hybridized carbons (Fsp3) is 0.400. The van der Waals surface area contributed by atoms with Gasteiger partial charge in [-0.2, -0.15) is 5.10 Å². The van der Waals surface area contributed by atoms with Gasteiger partial charge in [0.15, 0.2) is 5.69 Å². The standard InChI is InChI=1S/C45H51FN10O5/c1-2-53-28-32(8-10-40(53)57)33-25-38(47)42(48-26-33)45(61)55-13-11-30(12-14-55)27-51-15-17-52(18-16-51)29-41(58)54-19-21-56(22-20-54)44(60)36-23-31(7-9-37(36)46)24-39-34-5-3-4-6-35(34)43(59)50-49-39/h3-10,23,25-26,28,30H,2,11-22,24,27,29,47H2,1H3,(H,50,59). The van der Waals surface area contributed by atoms with Crippen molar-refractivity contribution in [2.24, 2.45) is 5.92 Å². The quantitative estimate of drug-likeness (QED) is 0.213. The Bertz CT molecular complexity index is 2550. The SMILES string of the molecule is CCn1cc(-c2cnc(C(=O)N3CCC(CN4CCN(CC(=O)N5CCN(C(=O)c6cc(Cc7n[nH]c(=O)c8ccccc78)ccc6F)CC5)CC4)CC3)c(N)c2)ccc1=O. The van der Waals surface area contributed by atoms with Crippen molar-refractivity contribution in [3.05, 3.63) is 122 Å². The number of hydrogen-bond acceptors (Lipinski definition) is 10. The summed E-state index contributed by atoms with van der Waals surface area (Å²) in [5.74, 6) is -0.704. The molecule has 0 radical (unpaired) electrons. The number of nitrogens with one attached hydrogen (secondary N) is 1. The second-order valence-electron chi connectivity index (χ2n) is 16.2. The molecule has 16 heteroatoms. The molecule has 0 aliphatic carbocycles. The molecule has 61 heavy (non-hydrogen) atoms. The van der Waals surface area contributed by atoms with Crippen LogP contribution in [-0.4, -0.2) is 141 Å². The van der Waals surface area contributed by atoms with Crippen LogP contribution in [0.15, 0.2) is 82.6 Å². The maximum absolute atomic E-state index is 15.0. The lowest BCUT2D eigenvalue weighted by Gasteiger charge is -2.40. The molecule has 318 valence electrons. The summed E-state index contributed by atoms with van der Waals surface area (Å²) in [5.41, 5.74) is 9.38. The van der Waals surface area contributed by atoms with E-state index in [1.165, 1.54) is 12.1 Å². The highest BCUT2D eigenvalue weighted by Gasteiger charge is 2.31. The summed E-state index contributed by atoms with van der Waals surface area (Å²) < 4.78 is 16.6. The Morgan fingerprint density at radius 1 is 0.787 bits per heavy atom. The number of H-pyrrole nitrogens is 1. The van der Waals surface area contributed by atoms with Gasteiger partial charge in [-0.05, 0) is 67.1 Å². The minimum absolute atomic E-state index is 0.0252. The Balaban J connectivity index is 0.758. The Hall–Kier alpha value is -6.26. The van der Waals surface area contributed by atoms with E-state index in [4.69, 9.17) is 5.73 Å². The van der Waals surface area contributed by atoms with Gasteiger partial charge in [0, 0.05) is 114 Å². The number of rotatable bonds is 10. The lowest BCUT2D eigenvalue weighted by atomic mass is 9.95. The molecule has 15 nitrogen and oxygen atoms in total. The van der Waals surface area contributed by atoms with Gasteiger partial charge in [-0.15, -0.1) is 0 Å². The van der Waals surface area contributed by atoms with Crippen LogP contribution >= 0.6 is 0 Å². The van der Waals surface area contributed by atoms with E-state index < -0.39 is 11.7 Å². The van der Waals surface area contributed by atoms with E-state index >= 15 is 4.39 Å². The van der Waals surface area contributed by atoms with Crippen molar-refractivity contribution in [1.82, 2.24) is 44.2 Å². The number of nitrogens with zero attached hydrogens (tertiary/aromatic N) is 8. The zero-order valence-electron chi connectivity index (χ0n) is 34.4. The first-order valence-electron chi connectivity index (χ1n) is 21.1. The summed E-state index contributed by atoms with van der Waals surface area (Å²) in [4.78, 5) is 78.8. The van der Waals surface area contributed by atoms with Crippen LogP contribution in [0.5, 0.6) is 0 Å². The summed E-state index contributed by atoms with van der Waals surface area (Å²) in [6.45, 7) is 9.64. The largest absolute Gasteiger partial charge is 0.397 e. The summed E-state index contributed by atoms with van der Waals surface area (Å²) >= 11 is 0. The van der Waals surface area contributed by atoms with Crippen LogP contribution in [-0.2, 0) is 17.8 Å². The van der Waals surface area contributed by atoms with Gasteiger partial charge in [-0.1, -0.05) is 24.3 Å². The highest BCUT2D eigenvalue weighted by Crippen LogP contribution is 2.26. The molecule has 3 N–H and O–H groups in total. The van der Waals surface area contributed by atoms with Gasteiger partial charge in [-0.3, -0.25) is 28.9 Å². The van der Waals surface area contributed by atoms with Crippen molar-refractivity contribution in [3.8, 4) is 11.1 Å². The number of aryl methyl sites for hydroxylation is 1. The van der Waals surface area contributed by atoms with Crippen LogP contribution in [0.25, 0.3) is 21.9 Å². The second kappa shape index (κ2) is 18.2. The van der Waals surface area contributed by atoms with Crippen LogP contribution in [0.3, 0.4) is 0 Å². The number of piperidine rings is 1. The molecule has 0 saturated carbocycles. The van der Waals surface area contributed by atoms with Crippen molar-refractivity contribution in [1.29, 1.82) is 0 Å². The monoisotopic (exact) mass is 830 g/mol. The number of carbonyl (C=O) groups excluding carboxylic acids is 3. The van der Waals surface area contributed by atoms with Gasteiger partial charge in [0.1, 0.15) is 5.82 Å². The van der Waals surface area contributed by atoms with Gasteiger partial charge in [0.05, 0.1) is 28.9 Å². The molecule has 5 aromatic rings. The predicted octanol–water partition coefficient (Wildman–Crippen LogP) is 2.93. The van der Waals surface area contributed by atoms with Gasteiger partial charge >= 0.3 is 0 Å². The Morgan fingerprint density at radius 2 is 1.48 bits per heavy atom. The fourth-order valence-electron chi connectivity index (χ4n) is 8.70. The maximum atomic E-state index is 15.0. The van der Waals surface area contributed by atoms with E-state index in [9.17, 15) is 24.0 Å². The third-order valence-electron chi connectivity index (χ3n) is 12.3. The van der Waals surface area contributed by atoms with Crippen molar-refractivity contribution < 1.29 is 18.8 Å². The fourth-order valence-corrected chi connectivity index (χ4v) is 8.70. The molecule has 0 spiro atoms. The minimum Gasteiger partial charge on any atom is -0.397 e. The number of pyridine rings is 2. The molecule has 3 fully saturated rings. The number of nitrogen functional groups attached to an aromatic ring is 1. The van der Waals surface area contributed by atoms with Crippen LogP contribution in [0, 0.1) is 11.7 Å². The zero-order valence-corrected chi connectivity index (χ0v) is 34.4. The number of hydrogen-bond donors (Lipinski definition) is 2. The molecule has 8 rings (SSSR count). The molecule has 3 aliphatic heterocycles. The summed E-state index contributed by atoms with van der Waals surface area (Å²) in [7, 11) is 0. The minimum atomic E-state index is -0.608. The van der Waals surface area contributed by atoms with Crippen LogP contribution in [0.2, 0.25) is 0 Å². The molecule has 0 bridgehead atoms. The third-order valence-corrected chi connectivity index (χ3v) is 12.3. The van der Waals surface area contributed by atoms with Gasteiger partial charge in [-0.25, -0.2) is 14.5 Å². The zero-order chi connectivity index (χ0) is 42.6. The highest BCUT2D eigenvalue weighted by molar-refractivity contribution is 5.98. The average molecular weight is 831 g/mol. The Morgan fingerprint density at radius 3 is 2.20 bits per heavy atom. The maximum Gasteiger partial charge on any atom is 0.274 e. The summed E-state index contributed by atoms with van der Waals surface area (Å²) in [6, 6.07) is 16.6. The van der Waals surface area contributed by atoms with Crippen molar-refractivity contribution in [2.75, 3.05) is 84.3 Å². The number of fused-ring (bicyclic) bond motifs is 1. The molecule has 3 saturated heterocycles. The number of anilines is 1. The van der Waals surface area contributed by atoms with E-state index in [0.29, 0.717) is 92.4 Å². The van der Waals surface area contributed by atoms with Gasteiger partial charge < -0.3 is 29.9 Å². The highest BCUT2D eigenvalue weighted by atomic mass is 19.1. The summed E-state index contributed by atoms with van der Waals surface area (Å²) in [5, 5.41) is 7.96. The number of piperazine rings is 2. The lowest BCUT2D eigenvalue weighted by Crippen LogP contribution is -2.55. The molecule has 0 atom stereocenters. The normalized spacial score (nSPS) is 16.9. The number of amides is 3. The molecular weight excluding hydrogens is 780 g/mol. The first-order chi connectivity index (χ1) is 29.5. The van der Waals surface area contributed by atoms with Crippen molar-refractivity contribution in [2.45, 2.75) is 32.7 Å². The smallest absolute Gasteiger partial charge is 0.274 e. The van der Waals surface area contributed by atoms with E-state index in [1.807, 2.05) is 24.0 Å². The predicted molar refractivity (Wildman–Crippen MR) is 230 cm³/mol. The average Bonchev–Trinajstić information content (AvgIpc) is 3.28. The van der Waals surface area contributed by atoms with Crippen LogP contribution in [0.1, 0.15) is 51.9 Å². The molecule has 3 aromatic heterocycles. The number of halogens is 1. The summed E-state index contributed by atoms with van der Waals surface area (Å²) in [6.07, 6.45) is 5.49. The molecule has 3 aliphatic rings. The van der Waals surface area contributed by atoms with Crippen molar-refractivity contribution in [3.63, 3.8) is 0 Å². The van der Waals surface area contributed by atoms with E-state index in [-0.39, 0.29) is 34.2 Å². The number of nitrogens with two attached hydrogens (primary N) is 1. The van der Waals surface area contributed by atoms with E-state index in [2.05, 4.69) is 25.0 Å². The molecular formula is C45H51FN10O5. The number of aromatic amines is 1. The van der Waals surface area contributed by atoms with E-state index in [0.717, 1.165) is 56.7 Å². The van der Waals surface area contributed by atoms with Gasteiger partial charge in [0.2, 0.25) is 5.91 Å². The molecule has 0 unspecified atom stereocenters. The number of benzene rings is 2. The Kier molecular flexibility index (Phi) is 12.3. The van der Waals surface area contributed by atoms with E-state index in [1.54, 1.807) is 63.2 Å². The molecule has 3 amide bonds. The Labute approximate surface area is 352 Å². The second-order valence-corrected chi connectivity index (χ2v) is 16.2. The number of aromatic nitrogens is 4. The van der Waals surface area contributed by atoms with Crippen molar-refractivity contribution >= 4 is 34.2 Å². The van der Waals surface area contributed by atoms with Crippen LogP contribution < -0.4 is 16.9 Å². The third kappa shape index (κ3) is 9.25. The number of carbonyl (C=O) groups is 3. The first-order valence-corrected chi connectivity index (χ1v) is 21.1. The lowest BCUT2D eigenvalue weighted by molar-refractivity contribution is -0.134. The molecule has 6 heterocycles.